The van der Waals surface area contributed by atoms with Gasteiger partial charge in [-0.2, -0.15) is 0 Å². The zero-order chi connectivity index (χ0) is 13.9. The molecule has 1 aromatic carbocycles. The molecule has 2 aromatic rings. The molecular weight excluding hydrogens is 250 g/mol. The first kappa shape index (κ1) is 13.3. The molecule has 0 atom stereocenters. The number of likely N-dealkylation sites (tertiary alicyclic amines) is 1. The Morgan fingerprint density at radius 3 is 2.85 bits per heavy atom. The minimum Gasteiger partial charge on any atom is -0.398 e. The van der Waals surface area contributed by atoms with Gasteiger partial charge in [0.1, 0.15) is 0 Å². The third-order valence-electron chi connectivity index (χ3n) is 4.15. The molecule has 2 N–H and O–H groups in total. The number of rotatable bonds is 3. The molecule has 0 radical (unpaired) electrons. The van der Waals surface area contributed by atoms with Crippen LogP contribution in [0, 0.1) is 0 Å². The molecule has 1 saturated heterocycles. The number of nitrogen functional groups attached to an aromatic ring is 1. The molecule has 1 fully saturated rings. The van der Waals surface area contributed by atoms with Crippen molar-refractivity contribution < 1.29 is 4.74 Å². The lowest BCUT2D eigenvalue weighted by molar-refractivity contribution is 0.0390. The minimum atomic E-state index is 0.424. The van der Waals surface area contributed by atoms with Crippen LogP contribution in [0.2, 0.25) is 0 Å². The summed E-state index contributed by atoms with van der Waals surface area (Å²) in [6.07, 6.45) is 4.48. The van der Waals surface area contributed by atoms with Crippen LogP contribution in [0.5, 0.6) is 0 Å². The highest BCUT2D eigenvalue weighted by atomic mass is 16.5. The summed E-state index contributed by atoms with van der Waals surface area (Å²) in [6, 6.07) is 8.07. The Kier molecular flexibility index (Phi) is 3.85. The van der Waals surface area contributed by atoms with Gasteiger partial charge in [0.2, 0.25) is 0 Å². The maximum absolute atomic E-state index is 6.02. The van der Waals surface area contributed by atoms with Crippen LogP contribution in [-0.4, -0.2) is 36.2 Å². The number of nitrogens with two attached hydrogens (primary N) is 1. The van der Waals surface area contributed by atoms with Gasteiger partial charge in [-0.05, 0) is 36.6 Å². The molecule has 106 valence electrons. The second-order valence-corrected chi connectivity index (χ2v) is 5.42. The lowest BCUT2D eigenvalue weighted by Gasteiger charge is -2.31. The third-order valence-corrected chi connectivity index (χ3v) is 4.15. The van der Waals surface area contributed by atoms with Crippen molar-refractivity contribution in [3.63, 3.8) is 0 Å². The number of pyridine rings is 1. The molecule has 4 nitrogen and oxygen atoms in total. The molecule has 0 bridgehead atoms. The molecule has 0 aliphatic carbocycles. The van der Waals surface area contributed by atoms with E-state index in [2.05, 4.69) is 16.0 Å². The van der Waals surface area contributed by atoms with Crippen LogP contribution in [0.4, 0.5) is 5.69 Å². The Morgan fingerprint density at radius 1 is 1.30 bits per heavy atom. The predicted molar refractivity (Wildman–Crippen MR) is 81.5 cm³/mol. The Morgan fingerprint density at radius 2 is 2.10 bits per heavy atom. The molecule has 3 rings (SSSR count). The van der Waals surface area contributed by atoms with Crippen molar-refractivity contribution in [3.05, 3.63) is 36.0 Å². The highest BCUT2D eigenvalue weighted by Crippen LogP contribution is 2.24. The normalized spacial score (nSPS) is 17.6. The number of anilines is 1. The summed E-state index contributed by atoms with van der Waals surface area (Å²) in [7, 11) is 1.80. The minimum absolute atomic E-state index is 0.424. The van der Waals surface area contributed by atoms with Crippen molar-refractivity contribution in [3.8, 4) is 0 Å². The lowest BCUT2D eigenvalue weighted by atomic mass is 10.0. The van der Waals surface area contributed by atoms with E-state index < -0.39 is 0 Å². The van der Waals surface area contributed by atoms with Gasteiger partial charge >= 0.3 is 0 Å². The molecule has 1 aromatic heterocycles. The number of aromatic nitrogens is 1. The quantitative estimate of drug-likeness (QED) is 0.871. The maximum Gasteiger partial charge on any atom is 0.0767 e. The van der Waals surface area contributed by atoms with Gasteiger partial charge < -0.3 is 10.5 Å². The van der Waals surface area contributed by atoms with E-state index in [0.29, 0.717) is 6.10 Å². The molecular formula is C16H21N3O. The summed E-state index contributed by atoms with van der Waals surface area (Å²) in [5.41, 5.74) is 9.11. The van der Waals surface area contributed by atoms with E-state index in [1.54, 1.807) is 7.11 Å². The summed E-state index contributed by atoms with van der Waals surface area (Å²) in [5, 5.41) is 1.05. The van der Waals surface area contributed by atoms with Crippen LogP contribution < -0.4 is 5.73 Å². The van der Waals surface area contributed by atoms with E-state index in [0.717, 1.165) is 49.1 Å². The van der Waals surface area contributed by atoms with E-state index in [4.69, 9.17) is 10.5 Å². The summed E-state index contributed by atoms with van der Waals surface area (Å²) in [5.74, 6) is 0. The number of benzene rings is 1. The van der Waals surface area contributed by atoms with Crippen molar-refractivity contribution in [2.24, 2.45) is 0 Å². The molecule has 1 aliphatic rings. The van der Waals surface area contributed by atoms with Crippen molar-refractivity contribution in [2.75, 3.05) is 25.9 Å². The highest BCUT2D eigenvalue weighted by molar-refractivity contribution is 5.92. The van der Waals surface area contributed by atoms with Crippen LogP contribution in [0.25, 0.3) is 10.9 Å². The molecule has 1 aliphatic heterocycles. The van der Waals surface area contributed by atoms with Crippen molar-refractivity contribution >= 4 is 16.6 Å². The zero-order valence-electron chi connectivity index (χ0n) is 11.9. The van der Waals surface area contributed by atoms with Gasteiger partial charge in [0.05, 0.1) is 11.6 Å². The van der Waals surface area contributed by atoms with E-state index >= 15 is 0 Å². The Bertz CT molecular complexity index is 591. The number of nitrogens with zero attached hydrogens (tertiary/aromatic N) is 2. The summed E-state index contributed by atoms with van der Waals surface area (Å²) in [6.45, 7) is 3.10. The average Bonchev–Trinajstić information content (AvgIpc) is 2.51. The molecule has 0 amide bonds. The number of ether oxygens (including phenoxy) is 1. The van der Waals surface area contributed by atoms with Crippen LogP contribution in [-0.2, 0) is 11.3 Å². The largest absolute Gasteiger partial charge is 0.398 e. The maximum atomic E-state index is 6.02. The summed E-state index contributed by atoms with van der Waals surface area (Å²) >= 11 is 0. The molecule has 0 spiro atoms. The van der Waals surface area contributed by atoms with E-state index in [1.807, 2.05) is 24.4 Å². The van der Waals surface area contributed by atoms with Gasteiger partial charge in [-0.3, -0.25) is 9.88 Å². The Labute approximate surface area is 119 Å². The topological polar surface area (TPSA) is 51.4 Å². The van der Waals surface area contributed by atoms with Crippen LogP contribution in [0.3, 0.4) is 0 Å². The third kappa shape index (κ3) is 2.62. The van der Waals surface area contributed by atoms with Crippen LogP contribution in [0.15, 0.2) is 30.5 Å². The number of piperidine rings is 1. The molecule has 2 heterocycles. The number of fused-ring (bicyclic) bond motifs is 1. The first-order chi connectivity index (χ1) is 9.78. The smallest absolute Gasteiger partial charge is 0.0767 e. The molecule has 0 unspecified atom stereocenters. The van der Waals surface area contributed by atoms with Gasteiger partial charge in [-0.25, -0.2) is 0 Å². The van der Waals surface area contributed by atoms with Crippen molar-refractivity contribution in [1.82, 2.24) is 9.88 Å². The summed E-state index contributed by atoms with van der Waals surface area (Å²) < 4.78 is 5.42. The van der Waals surface area contributed by atoms with Crippen molar-refractivity contribution in [2.45, 2.75) is 25.5 Å². The van der Waals surface area contributed by atoms with Gasteiger partial charge in [-0.15, -0.1) is 0 Å². The van der Waals surface area contributed by atoms with Crippen molar-refractivity contribution in [1.29, 1.82) is 0 Å². The fourth-order valence-electron chi connectivity index (χ4n) is 2.92. The van der Waals surface area contributed by atoms with Gasteiger partial charge in [-0.1, -0.05) is 6.07 Å². The lowest BCUT2D eigenvalue weighted by Crippen LogP contribution is -2.36. The van der Waals surface area contributed by atoms with E-state index in [1.165, 1.54) is 5.56 Å². The van der Waals surface area contributed by atoms with E-state index in [9.17, 15) is 0 Å². The first-order valence-electron chi connectivity index (χ1n) is 7.15. The SMILES string of the molecule is COC1CCN(Cc2ccc(N)c3cccnc23)CC1. The monoisotopic (exact) mass is 271 g/mol. The Balaban J connectivity index is 1.80. The van der Waals surface area contributed by atoms with Crippen LogP contribution >= 0.6 is 0 Å². The van der Waals surface area contributed by atoms with E-state index in [-0.39, 0.29) is 0 Å². The predicted octanol–water partition coefficient (Wildman–Crippen LogP) is 2.43. The van der Waals surface area contributed by atoms with Gasteiger partial charge in [0.25, 0.3) is 0 Å². The zero-order valence-corrected chi connectivity index (χ0v) is 11.9. The number of methoxy groups -OCH3 is 1. The second-order valence-electron chi connectivity index (χ2n) is 5.42. The Hall–Kier alpha value is -1.65. The highest BCUT2D eigenvalue weighted by Gasteiger charge is 2.19. The van der Waals surface area contributed by atoms with Gasteiger partial charge in [0, 0.05) is 44.0 Å². The van der Waals surface area contributed by atoms with Gasteiger partial charge in [0.15, 0.2) is 0 Å². The summed E-state index contributed by atoms with van der Waals surface area (Å²) in [4.78, 5) is 6.97. The second kappa shape index (κ2) is 5.77. The molecule has 4 heteroatoms. The number of hydrogen-bond donors (Lipinski definition) is 1. The number of hydrogen-bond acceptors (Lipinski definition) is 4. The first-order valence-corrected chi connectivity index (χ1v) is 7.15. The fourth-order valence-corrected chi connectivity index (χ4v) is 2.92. The molecule has 0 saturated carbocycles. The molecule has 20 heavy (non-hydrogen) atoms. The average molecular weight is 271 g/mol. The van der Waals surface area contributed by atoms with Crippen LogP contribution in [0.1, 0.15) is 18.4 Å². The fraction of sp³-hybridized carbons (Fsp3) is 0.438. The standard InChI is InChI=1S/C16H21N3O/c1-20-13-6-9-19(10-7-13)11-12-4-5-15(17)14-3-2-8-18-16(12)14/h2-5,8,13H,6-7,9-11,17H2,1H3.